The zero-order valence-electron chi connectivity index (χ0n) is 23.9. The number of nitrogens with two attached hydrogens (primary N) is 1. The van der Waals surface area contributed by atoms with Gasteiger partial charge in [-0.3, -0.25) is 9.59 Å². The van der Waals surface area contributed by atoms with E-state index in [1.165, 1.54) is 29.2 Å². The molecular weight excluding hydrogens is 608 g/mol. The lowest BCUT2D eigenvalue weighted by Gasteiger charge is -2.36. The third-order valence-corrected chi connectivity index (χ3v) is 7.55. The fraction of sp³-hybridized carbons (Fsp3) is 0.467. The fourth-order valence-corrected chi connectivity index (χ4v) is 5.02. The number of carbonyl (C=O) groups is 2. The Morgan fingerprint density at radius 3 is 2.45 bits per heavy atom. The van der Waals surface area contributed by atoms with Crippen LogP contribution in [-0.4, -0.2) is 43.0 Å². The highest BCUT2D eigenvalue weighted by Crippen LogP contribution is 2.45. The second kappa shape index (κ2) is 14.4. The fourth-order valence-electron chi connectivity index (χ4n) is 5.02. The number of nitrogens with one attached hydrogen (secondary N) is 2. The summed E-state index contributed by atoms with van der Waals surface area (Å²) in [6.45, 7) is -1.30. The molecule has 1 heterocycles. The first kappa shape index (κ1) is 33.2. The van der Waals surface area contributed by atoms with Crippen molar-refractivity contribution in [3.63, 3.8) is 0 Å². The maximum Gasteiger partial charge on any atom is 0.387 e. The molecule has 2 unspecified atom stereocenters. The first-order valence-corrected chi connectivity index (χ1v) is 14.2. The highest BCUT2D eigenvalue weighted by molar-refractivity contribution is 5.85. The Balaban J connectivity index is 0.00000442. The molecule has 0 aromatic heterocycles. The van der Waals surface area contributed by atoms with Gasteiger partial charge in [-0.2, -0.15) is 8.78 Å². The van der Waals surface area contributed by atoms with Gasteiger partial charge in [-0.25, -0.2) is 8.78 Å². The lowest BCUT2D eigenvalue weighted by molar-refractivity contribution is -0.122. The Morgan fingerprint density at radius 2 is 1.84 bits per heavy atom. The van der Waals surface area contributed by atoms with Crippen LogP contribution in [-0.2, 0) is 14.3 Å². The summed E-state index contributed by atoms with van der Waals surface area (Å²) in [5.41, 5.74) is 6.60. The lowest BCUT2D eigenvalue weighted by atomic mass is 10.0. The van der Waals surface area contributed by atoms with Crippen LogP contribution in [0.5, 0.6) is 11.5 Å². The SMILES string of the molecule is C[C@H](N)C1=C(NC=O)N(C(CNC(=O)CC2CC2)c2ccc(F)cc2F)C(c2ccc(OC(F)F)c(OCC3CC3)c2)O1.Cl. The molecule has 240 valence electrons. The maximum absolute atomic E-state index is 15.4. The molecule has 3 atom stereocenters. The van der Waals surface area contributed by atoms with Gasteiger partial charge in [0, 0.05) is 30.2 Å². The predicted molar refractivity (Wildman–Crippen MR) is 154 cm³/mol. The van der Waals surface area contributed by atoms with E-state index < -0.39 is 36.6 Å². The number of alkyl halides is 2. The molecule has 1 aliphatic heterocycles. The number of hydrogen-bond acceptors (Lipinski definition) is 7. The van der Waals surface area contributed by atoms with Crippen molar-refractivity contribution in [2.75, 3.05) is 13.2 Å². The minimum Gasteiger partial charge on any atom is -0.489 e. The van der Waals surface area contributed by atoms with Crippen LogP contribution in [0.1, 0.15) is 62.4 Å². The molecule has 9 nitrogen and oxygen atoms in total. The van der Waals surface area contributed by atoms with Crippen molar-refractivity contribution in [3.05, 3.63) is 70.7 Å². The van der Waals surface area contributed by atoms with Gasteiger partial charge in [-0.15, -0.1) is 12.4 Å². The van der Waals surface area contributed by atoms with Crippen LogP contribution in [0, 0.1) is 23.5 Å². The number of hydrogen-bond donors (Lipinski definition) is 3. The van der Waals surface area contributed by atoms with Gasteiger partial charge in [0.2, 0.25) is 18.5 Å². The van der Waals surface area contributed by atoms with Gasteiger partial charge in [0.1, 0.15) is 11.6 Å². The molecule has 0 spiro atoms. The van der Waals surface area contributed by atoms with E-state index in [2.05, 4.69) is 15.4 Å². The predicted octanol–water partition coefficient (Wildman–Crippen LogP) is 5.03. The summed E-state index contributed by atoms with van der Waals surface area (Å²) in [6.07, 6.45) is 3.46. The molecule has 3 aliphatic rings. The largest absolute Gasteiger partial charge is 0.489 e. The van der Waals surface area contributed by atoms with E-state index in [1.807, 2.05) is 0 Å². The van der Waals surface area contributed by atoms with Crippen LogP contribution < -0.4 is 25.8 Å². The van der Waals surface area contributed by atoms with Crippen molar-refractivity contribution in [1.29, 1.82) is 0 Å². The molecule has 0 saturated heterocycles. The summed E-state index contributed by atoms with van der Waals surface area (Å²) in [4.78, 5) is 26.0. The van der Waals surface area contributed by atoms with Gasteiger partial charge in [-0.1, -0.05) is 6.07 Å². The molecule has 2 aliphatic carbocycles. The average molecular weight is 643 g/mol. The second-order valence-electron chi connectivity index (χ2n) is 11.1. The van der Waals surface area contributed by atoms with Crippen LogP contribution in [0.2, 0.25) is 0 Å². The van der Waals surface area contributed by atoms with Gasteiger partial charge in [0.15, 0.2) is 23.1 Å². The summed E-state index contributed by atoms with van der Waals surface area (Å²) in [5.74, 6) is -1.18. The molecule has 5 rings (SSSR count). The number of carbonyl (C=O) groups excluding carboxylic acids is 2. The third-order valence-electron chi connectivity index (χ3n) is 7.55. The van der Waals surface area contributed by atoms with Crippen LogP contribution in [0.3, 0.4) is 0 Å². The zero-order valence-corrected chi connectivity index (χ0v) is 24.8. The summed E-state index contributed by atoms with van der Waals surface area (Å²) in [5, 5.41) is 5.43. The van der Waals surface area contributed by atoms with Crippen molar-refractivity contribution in [1.82, 2.24) is 15.5 Å². The quantitative estimate of drug-likeness (QED) is 0.184. The molecule has 4 N–H and O–H groups in total. The highest BCUT2D eigenvalue weighted by atomic mass is 35.5. The standard InChI is InChI=1S/C30H34F4N4O5.ClH/c1-16(35)27-28(37-15-39)38(23(13-36-26(40)10-17-2-3-17)21-8-7-20(31)12-22(21)32)29(43-27)19-6-9-24(42-30(33)34)25(11-19)41-14-18-4-5-18;/h6-9,11-12,15-18,23,29-30H,2-5,10,13-14,35H2,1H3,(H,36,40)(H,37,39);1H/t16-,23?,29?;/m0./s1. The highest BCUT2D eigenvalue weighted by Gasteiger charge is 2.42. The van der Waals surface area contributed by atoms with E-state index in [-0.39, 0.29) is 53.5 Å². The molecule has 0 bridgehead atoms. The molecule has 2 aromatic rings. The molecule has 14 heteroatoms. The number of rotatable bonds is 15. The molecule has 0 radical (unpaired) electrons. The van der Waals surface area contributed by atoms with Crippen LogP contribution in [0.4, 0.5) is 17.6 Å². The van der Waals surface area contributed by atoms with Gasteiger partial charge >= 0.3 is 6.61 Å². The van der Waals surface area contributed by atoms with E-state index in [1.54, 1.807) is 6.92 Å². The molecular formula is C30H35ClF4N4O5. The molecule has 44 heavy (non-hydrogen) atoms. The van der Waals surface area contributed by atoms with Gasteiger partial charge in [0.05, 0.1) is 18.7 Å². The number of amides is 2. The van der Waals surface area contributed by atoms with E-state index in [4.69, 9.17) is 15.2 Å². The molecule has 2 saturated carbocycles. The minimum absolute atomic E-state index is 0. The molecule has 2 aromatic carbocycles. The normalized spacial score (nSPS) is 19.2. The Bertz CT molecular complexity index is 1370. The smallest absolute Gasteiger partial charge is 0.387 e. The van der Waals surface area contributed by atoms with Crippen molar-refractivity contribution in [3.8, 4) is 11.5 Å². The number of ether oxygens (including phenoxy) is 3. The zero-order chi connectivity index (χ0) is 30.7. The molecule has 2 fully saturated rings. The van der Waals surface area contributed by atoms with E-state index >= 15 is 4.39 Å². The lowest BCUT2D eigenvalue weighted by Crippen LogP contribution is -2.41. The van der Waals surface area contributed by atoms with Crippen LogP contribution >= 0.6 is 12.4 Å². The van der Waals surface area contributed by atoms with Crippen molar-refractivity contribution in [2.24, 2.45) is 17.6 Å². The van der Waals surface area contributed by atoms with E-state index in [9.17, 15) is 22.8 Å². The first-order valence-electron chi connectivity index (χ1n) is 14.2. The van der Waals surface area contributed by atoms with Crippen molar-refractivity contribution < 1.29 is 41.4 Å². The van der Waals surface area contributed by atoms with E-state index in [0.29, 0.717) is 36.8 Å². The second-order valence-corrected chi connectivity index (χ2v) is 11.1. The Morgan fingerprint density at radius 1 is 1.11 bits per heavy atom. The van der Waals surface area contributed by atoms with Crippen LogP contribution in [0.15, 0.2) is 48.0 Å². The Labute approximate surface area is 258 Å². The number of benzene rings is 2. The summed E-state index contributed by atoms with van der Waals surface area (Å²) < 4.78 is 72.4. The van der Waals surface area contributed by atoms with Crippen LogP contribution in [0.25, 0.3) is 0 Å². The van der Waals surface area contributed by atoms with Gasteiger partial charge in [-0.05, 0) is 68.7 Å². The van der Waals surface area contributed by atoms with Gasteiger partial charge < -0.3 is 35.5 Å². The van der Waals surface area contributed by atoms with Crippen molar-refractivity contribution in [2.45, 2.75) is 64.0 Å². The Kier molecular flexibility index (Phi) is 10.8. The molecule has 2 amide bonds. The minimum atomic E-state index is -3.09. The summed E-state index contributed by atoms with van der Waals surface area (Å²) in [7, 11) is 0. The van der Waals surface area contributed by atoms with E-state index in [0.717, 1.165) is 37.8 Å². The number of nitrogens with zero attached hydrogens (tertiary/aromatic N) is 1. The maximum atomic E-state index is 15.4. The topological polar surface area (TPSA) is 115 Å². The monoisotopic (exact) mass is 642 g/mol. The number of halogens is 5. The summed E-state index contributed by atoms with van der Waals surface area (Å²) in [6, 6.07) is 5.57. The Hall–Kier alpha value is -3.71. The summed E-state index contributed by atoms with van der Waals surface area (Å²) >= 11 is 0. The first-order chi connectivity index (χ1) is 20.6. The van der Waals surface area contributed by atoms with Crippen molar-refractivity contribution >= 4 is 24.7 Å². The van der Waals surface area contributed by atoms with Gasteiger partial charge in [0.25, 0.3) is 0 Å². The average Bonchev–Trinajstić information content (AvgIpc) is 3.89. The third kappa shape index (κ3) is 8.06.